The van der Waals surface area contributed by atoms with Gasteiger partial charge in [-0.25, -0.2) is 0 Å². The van der Waals surface area contributed by atoms with Gasteiger partial charge in [0.1, 0.15) is 11.9 Å². The molecule has 1 aliphatic rings. The summed E-state index contributed by atoms with van der Waals surface area (Å²) < 4.78 is 6.00. The number of ether oxygens (including phenoxy) is 1. The van der Waals surface area contributed by atoms with Crippen LogP contribution in [0.1, 0.15) is 27.2 Å². The third-order valence-electron chi connectivity index (χ3n) is 3.70. The van der Waals surface area contributed by atoms with Crippen molar-refractivity contribution in [3.63, 3.8) is 0 Å². The Balaban J connectivity index is 1.98. The van der Waals surface area contributed by atoms with E-state index < -0.39 is 0 Å². The van der Waals surface area contributed by atoms with E-state index in [1.165, 1.54) is 0 Å². The zero-order valence-electron chi connectivity index (χ0n) is 10.7. The lowest BCUT2D eigenvalue weighted by atomic mass is 9.64. The Morgan fingerprint density at radius 2 is 2.24 bits per heavy atom. The van der Waals surface area contributed by atoms with Gasteiger partial charge in [-0.2, -0.15) is 0 Å². The van der Waals surface area contributed by atoms with Crippen LogP contribution in [-0.2, 0) is 0 Å². The Kier molecular flexibility index (Phi) is 3.64. The Hall–Kier alpha value is -0.730. The second-order valence-corrected chi connectivity index (χ2v) is 5.67. The van der Waals surface area contributed by atoms with Crippen molar-refractivity contribution in [1.82, 2.24) is 5.32 Å². The van der Waals surface area contributed by atoms with E-state index in [1.807, 2.05) is 24.3 Å². The molecule has 0 aliphatic heterocycles. The number of hydrogen-bond acceptors (Lipinski definition) is 2. The Morgan fingerprint density at radius 3 is 2.82 bits per heavy atom. The van der Waals surface area contributed by atoms with E-state index in [1.54, 1.807) is 0 Å². The molecule has 2 rings (SSSR count). The molecule has 3 heteroatoms. The fraction of sp³-hybridized carbons (Fsp3) is 0.571. The van der Waals surface area contributed by atoms with Crippen molar-refractivity contribution in [3.8, 4) is 5.75 Å². The molecular formula is C14H20ClNO. The van der Waals surface area contributed by atoms with Crippen molar-refractivity contribution in [2.24, 2.45) is 5.41 Å². The van der Waals surface area contributed by atoms with Crippen LogP contribution >= 0.6 is 11.6 Å². The van der Waals surface area contributed by atoms with E-state index in [4.69, 9.17) is 16.3 Å². The SMILES string of the molecule is CCNC1CC(Oc2cccc(Cl)c2)C1(C)C. The molecule has 17 heavy (non-hydrogen) atoms. The molecule has 2 atom stereocenters. The van der Waals surface area contributed by atoms with Crippen LogP contribution < -0.4 is 10.1 Å². The van der Waals surface area contributed by atoms with Crippen LogP contribution in [0.5, 0.6) is 5.75 Å². The van der Waals surface area contributed by atoms with E-state index >= 15 is 0 Å². The molecule has 0 amide bonds. The third kappa shape index (κ3) is 2.58. The molecule has 1 saturated carbocycles. The molecule has 0 aromatic heterocycles. The smallest absolute Gasteiger partial charge is 0.121 e. The molecule has 0 heterocycles. The highest BCUT2D eigenvalue weighted by molar-refractivity contribution is 6.30. The summed E-state index contributed by atoms with van der Waals surface area (Å²) in [5, 5.41) is 4.22. The fourth-order valence-corrected chi connectivity index (χ4v) is 2.56. The molecule has 1 N–H and O–H groups in total. The molecule has 2 nitrogen and oxygen atoms in total. The summed E-state index contributed by atoms with van der Waals surface area (Å²) in [7, 11) is 0. The zero-order chi connectivity index (χ0) is 12.5. The van der Waals surface area contributed by atoms with E-state index in [0.29, 0.717) is 6.04 Å². The monoisotopic (exact) mass is 253 g/mol. The van der Waals surface area contributed by atoms with Gasteiger partial charge in [-0.15, -0.1) is 0 Å². The molecular weight excluding hydrogens is 234 g/mol. The normalized spacial score (nSPS) is 26.4. The Bertz CT molecular complexity index is 392. The quantitative estimate of drug-likeness (QED) is 0.887. The first-order chi connectivity index (χ1) is 8.04. The van der Waals surface area contributed by atoms with E-state index in [9.17, 15) is 0 Å². The summed E-state index contributed by atoms with van der Waals surface area (Å²) in [6.45, 7) is 7.65. The summed E-state index contributed by atoms with van der Waals surface area (Å²) in [6.07, 6.45) is 1.33. The van der Waals surface area contributed by atoms with Gasteiger partial charge in [0, 0.05) is 22.9 Å². The summed E-state index contributed by atoms with van der Waals surface area (Å²) in [6, 6.07) is 8.17. The van der Waals surface area contributed by atoms with E-state index in [2.05, 4.69) is 26.1 Å². The maximum atomic E-state index is 6.00. The van der Waals surface area contributed by atoms with Crippen LogP contribution in [-0.4, -0.2) is 18.7 Å². The summed E-state index contributed by atoms with van der Waals surface area (Å²) in [4.78, 5) is 0. The van der Waals surface area contributed by atoms with Crippen LogP contribution in [0, 0.1) is 5.41 Å². The van der Waals surface area contributed by atoms with Crippen molar-refractivity contribution in [2.45, 2.75) is 39.3 Å². The Morgan fingerprint density at radius 1 is 1.47 bits per heavy atom. The van der Waals surface area contributed by atoms with Crippen LogP contribution in [0.3, 0.4) is 0 Å². The molecule has 1 fully saturated rings. The minimum atomic E-state index is 0.179. The highest BCUT2D eigenvalue weighted by atomic mass is 35.5. The van der Waals surface area contributed by atoms with E-state index in [-0.39, 0.29) is 11.5 Å². The molecule has 94 valence electrons. The second-order valence-electron chi connectivity index (χ2n) is 5.23. The molecule has 2 unspecified atom stereocenters. The number of halogens is 1. The fourth-order valence-electron chi connectivity index (χ4n) is 2.38. The number of rotatable bonds is 4. The van der Waals surface area contributed by atoms with Gasteiger partial charge in [0.15, 0.2) is 0 Å². The average molecular weight is 254 g/mol. The number of nitrogens with one attached hydrogen (secondary N) is 1. The zero-order valence-corrected chi connectivity index (χ0v) is 11.4. The lowest BCUT2D eigenvalue weighted by Crippen LogP contribution is -2.62. The molecule has 1 aromatic rings. The molecule has 0 radical (unpaired) electrons. The predicted molar refractivity (Wildman–Crippen MR) is 71.7 cm³/mol. The summed E-state index contributed by atoms with van der Waals surface area (Å²) in [5.74, 6) is 0.866. The highest BCUT2D eigenvalue weighted by Gasteiger charge is 2.49. The number of hydrogen-bond donors (Lipinski definition) is 1. The van der Waals surface area contributed by atoms with Crippen molar-refractivity contribution in [2.75, 3.05) is 6.54 Å². The van der Waals surface area contributed by atoms with Crippen LogP contribution in [0.15, 0.2) is 24.3 Å². The molecule has 0 spiro atoms. The third-order valence-corrected chi connectivity index (χ3v) is 3.94. The lowest BCUT2D eigenvalue weighted by molar-refractivity contribution is -0.0541. The van der Waals surface area contributed by atoms with Gasteiger partial charge in [-0.3, -0.25) is 0 Å². The van der Waals surface area contributed by atoms with Gasteiger partial charge >= 0.3 is 0 Å². The molecule has 0 bridgehead atoms. The van der Waals surface area contributed by atoms with Gasteiger partial charge in [0.25, 0.3) is 0 Å². The summed E-state index contributed by atoms with van der Waals surface area (Å²) >= 11 is 5.95. The van der Waals surface area contributed by atoms with Gasteiger partial charge in [0.2, 0.25) is 0 Å². The minimum absolute atomic E-state index is 0.179. The van der Waals surface area contributed by atoms with Crippen LogP contribution in [0.2, 0.25) is 5.02 Å². The maximum absolute atomic E-state index is 6.00. The van der Waals surface area contributed by atoms with Gasteiger partial charge in [0.05, 0.1) is 0 Å². The molecule has 1 aromatic carbocycles. The first kappa shape index (κ1) is 12.7. The van der Waals surface area contributed by atoms with E-state index in [0.717, 1.165) is 23.7 Å². The predicted octanol–water partition coefficient (Wildman–Crippen LogP) is 3.50. The summed E-state index contributed by atoms with van der Waals surface area (Å²) in [5.41, 5.74) is 0.179. The van der Waals surface area contributed by atoms with Crippen molar-refractivity contribution < 1.29 is 4.74 Å². The van der Waals surface area contributed by atoms with Gasteiger partial charge in [-0.1, -0.05) is 38.4 Å². The largest absolute Gasteiger partial charge is 0.490 e. The van der Waals surface area contributed by atoms with Crippen LogP contribution in [0.4, 0.5) is 0 Å². The minimum Gasteiger partial charge on any atom is -0.490 e. The van der Waals surface area contributed by atoms with Crippen molar-refractivity contribution in [1.29, 1.82) is 0 Å². The number of benzene rings is 1. The van der Waals surface area contributed by atoms with Crippen molar-refractivity contribution in [3.05, 3.63) is 29.3 Å². The van der Waals surface area contributed by atoms with Gasteiger partial charge < -0.3 is 10.1 Å². The topological polar surface area (TPSA) is 21.3 Å². The van der Waals surface area contributed by atoms with Crippen molar-refractivity contribution >= 4 is 11.6 Å². The molecule has 0 saturated heterocycles. The average Bonchev–Trinajstić information content (AvgIpc) is 2.28. The standard InChI is InChI=1S/C14H20ClNO/c1-4-16-12-9-13(14(12,2)3)17-11-7-5-6-10(15)8-11/h5-8,12-13,16H,4,9H2,1-3H3. The highest BCUT2D eigenvalue weighted by Crippen LogP contribution is 2.43. The Labute approximate surface area is 108 Å². The maximum Gasteiger partial charge on any atom is 0.121 e. The lowest BCUT2D eigenvalue weighted by Gasteiger charge is -2.51. The molecule has 1 aliphatic carbocycles. The first-order valence-electron chi connectivity index (χ1n) is 6.19. The van der Waals surface area contributed by atoms with Gasteiger partial charge in [-0.05, 0) is 24.7 Å². The first-order valence-corrected chi connectivity index (χ1v) is 6.57. The second kappa shape index (κ2) is 4.87. The van der Waals surface area contributed by atoms with Crippen LogP contribution in [0.25, 0.3) is 0 Å².